The smallest absolute Gasteiger partial charge is 0.335 e. The molecule has 22 heavy (non-hydrogen) atoms. The molecule has 0 fully saturated rings. The normalized spacial score (nSPS) is 10.6. The zero-order valence-corrected chi connectivity index (χ0v) is 12.3. The second-order valence-electron chi connectivity index (χ2n) is 5.22. The quantitative estimate of drug-likeness (QED) is 0.805. The Bertz CT molecular complexity index is 835. The van der Waals surface area contributed by atoms with E-state index in [0.717, 1.165) is 22.5 Å². The first-order valence-corrected chi connectivity index (χ1v) is 6.88. The summed E-state index contributed by atoms with van der Waals surface area (Å²) in [6.07, 6.45) is 1.84. The van der Waals surface area contributed by atoms with Crippen molar-refractivity contribution in [2.75, 3.05) is 0 Å². The van der Waals surface area contributed by atoms with E-state index in [-0.39, 0.29) is 5.56 Å². The number of hydrogen-bond acceptors (Lipinski definition) is 3. The minimum Gasteiger partial charge on any atom is -0.478 e. The average molecular weight is 293 g/mol. The van der Waals surface area contributed by atoms with E-state index in [1.165, 1.54) is 5.56 Å². The van der Waals surface area contributed by atoms with Crippen LogP contribution in [-0.4, -0.2) is 26.1 Å². The van der Waals surface area contributed by atoms with Gasteiger partial charge in [-0.15, -0.1) is 5.10 Å². The number of aryl methyl sites for hydroxylation is 2. The first-order valence-electron chi connectivity index (χ1n) is 6.88. The van der Waals surface area contributed by atoms with E-state index in [1.807, 2.05) is 25.3 Å². The van der Waals surface area contributed by atoms with Crippen molar-refractivity contribution in [2.24, 2.45) is 0 Å². The van der Waals surface area contributed by atoms with Crippen molar-refractivity contribution < 1.29 is 9.90 Å². The molecule has 0 radical (unpaired) electrons. The third-order valence-corrected chi connectivity index (χ3v) is 3.53. The topological polar surface area (TPSA) is 68.0 Å². The van der Waals surface area contributed by atoms with Gasteiger partial charge >= 0.3 is 5.97 Å². The van der Waals surface area contributed by atoms with Crippen molar-refractivity contribution in [2.45, 2.75) is 13.8 Å². The molecule has 0 saturated carbocycles. The van der Waals surface area contributed by atoms with Crippen LogP contribution in [0.3, 0.4) is 0 Å². The van der Waals surface area contributed by atoms with Gasteiger partial charge in [-0.25, -0.2) is 9.48 Å². The fourth-order valence-electron chi connectivity index (χ4n) is 2.37. The zero-order valence-electron chi connectivity index (χ0n) is 12.3. The summed E-state index contributed by atoms with van der Waals surface area (Å²) in [6.45, 7) is 4.10. The van der Waals surface area contributed by atoms with E-state index in [4.69, 9.17) is 5.11 Å². The van der Waals surface area contributed by atoms with Gasteiger partial charge in [0.05, 0.1) is 17.4 Å². The Balaban J connectivity index is 1.95. The Kier molecular flexibility index (Phi) is 3.47. The third-order valence-electron chi connectivity index (χ3n) is 3.53. The molecule has 5 heteroatoms. The number of carbonyl (C=O) groups is 1. The van der Waals surface area contributed by atoms with Crippen LogP contribution < -0.4 is 0 Å². The van der Waals surface area contributed by atoms with Crippen LogP contribution in [0, 0.1) is 13.8 Å². The summed E-state index contributed by atoms with van der Waals surface area (Å²) in [5.41, 5.74) is 5.21. The number of hydrogen-bond donors (Lipinski definition) is 1. The van der Waals surface area contributed by atoms with Gasteiger partial charge in [0.2, 0.25) is 0 Å². The van der Waals surface area contributed by atoms with Gasteiger partial charge in [0.1, 0.15) is 5.69 Å². The van der Waals surface area contributed by atoms with E-state index in [0.29, 0.717) is 0 Å². The minimum atomic E-state index is -0.943. The van der Waals surface area contributed by atoms with Crippen LogP contribution in [0.5, 0.6) is 0 Å². The molecule has 3 rings (SSSR count). The van der Waals surface area contributed by atoms with Gasteiger partial charge in [-0.1, -0.05) is 29.0 Å². The van der Waals surface area contributed by atoms with Crippen LogP contribution in [0.25, 0.3) is 16.9 Å². The van der Waals surface area contributed by atoms with E-state index < -0.39 is 5.97 Å². The molecule has 3 aromatic rings. The first-order chi connectivity index (χ1) is 10.5. The van der Waals surface area contributed by atoms with Crippen molar-refractivity contribution in [3.8, 4) is 16.9 Å². The highest BCUT2D eigenvalue weighted by Crippen LogP contribution is 2.22. The molecule has 0 amide bonds. The molecule has 2 aromatic carbocycles. The van der Waals surface area contributed by atoms with Crippen molar-refractivity contribution >= 4 is 5.97 Å². The molecule has 0 saturated heterocycles. The number of carboxylic acids is 1. The second-order valence-corrected chi connectivity index (χ2v) is 5.22. The number of rotatable bonds is 3. The SMILES string of the molecule is Cc1ccc(-c2cn(-c3ccc(C(=O)O)cc3)nn2)c(C)c1. The highest BCUT2D eigenvalue weighted by Gasteiger charge is 2.09. The van der Waals surface area contributed by atoms with Gasteiger partial charge in [-0.2, -0.15) is 0 Å². The lowest BCUT2D eigenvalue weighted by Crippen LogP contribution is -1.98. The molecule has 0 aliphatic carbocycles. The molecule has 0 spiro atoms. The van der Waals surface area contributed by atoms with Crippen LogP contribution in [0.15, 0.2) is 48.7 Å². The first kappa shape index (κ1) is 14.0. The molecule has 0 unspecified atom stereocenters. The summed E-state index contributed by atoms with van der Waals surface area (Å²) in [7, 11) is 0. The second kappa shape index (κ2) is 5.44. The fourth-order valence-corrected chi connectivity index (χ4v) is 2.37. The summed E-state index contributed by atoms with van der Waals surface area (Å²) in [5, 5.41) is 17.2. The summed E-state index contributed by atoms with van der Waals surface area (Å²) in [4.78, 5) is 10.9. The van der Waals surface area contributed by atoms with Crippen molar-refractivity contribution in [3.63, 3.8) is 0 Å². The number of aromatic carboxylic acids is 1. The molecule has 0 bridgehead atoms. The Morgan fingerprint density at radius 1 is 1.09 bits per heavy atom. The maximum absolute atomic E-state index is 10.9. The standard InChI is InChI=1S/C17H15N3O2/c1-11-3-8-15(12(2)9-11)16-10-20(19-18-16)14-6-4-13(5-7-14)17(21)22/h3-10H,1-2H3,(H,21,22). The van der Waals surface area contributed by atoms with Gasteiger partial charge in [0.15, 0.2) is 0 Å². The molecule has 1 N–H and O–H groups in total. The molecular weight excluding hydrogens is 278 g/mol. The summed E-state index contributed by atoms with van der Waals surface area (Å²) >= 11 is 0. The average Bonchev–Trinajstić information content (AvgIpc) is 2.97. The number of carboxylic acid groups (broad SMARTS) is 1. The zero-order chi connectivity index (χ0) is 15.7. The van der Waals surface area contributed by atoms with E-state index in [1.54, 1.807) is 28.9 Å². The van der Waals surface area contributed by atoms with Gasteiger partial charge in [-0.05, 0) is 43.7 Å². The number of aromatic nitrogens is 3. The minimum absolute atomic E-state index is 0.249. The Labute approximate surface area is 127 Å². The predicted molar refractivity (Wildman–Crippen MR) is 83.2 cm³/mol. The van der Waals surface area contributed by atoms with Gasteiger partial charge in [0.25, 0.3) is 0 Å². The molecule has 0 aliphatic rings. The third kappa shape index (κ3) is 2.61. The molecule has 5 nitrogen and oxygen atoms in total. The largest absolute Gasteiger partial charge is 0.478 e. The van der Waals surface area contributed by atoms with Crippen molar-refractivity contribution in [3.05, 3.63) is 65.4 Å². The maximum Gasteiger partial charge on any atom is 0.335 e. The Morgan fingerprint density at radius 3 is 2.45 bits per heavy atom. The lowest BCUT2D eigenvalue weighted by atomic mass is 10.0. The molecule has 0 aliphatic heterocycles. The molecule has 0 atom stereocenters. The van der Waals surface area contributed by atoms with Gasteiger partial charge < -0.3 is 5.11 Å². The monoisotopic (exact) mass is 293 g/mol. The molecule has 1 heterocycles. The summed E-state index contributed by atoms with van der Waals surface area (Å²) in [6, 6.07) is 12.7. The van der Waals surface area contributed by atoms with Crippen molar-refractivity contribution in [1.82, 2.24) is 15.0 Å². The van der Waals surface area contributed by atoms with Crippen LogP contribution in [-0.2, 0) is 0 Å². The number of nitrogens with zero attached hydrogens (tertiary/aromatic N) is 3. The maximum atomic E-state index is 10.9. The van der Waals surface area contributed by atoms with Crippen LogP contribution in [0.2, 0.25) is 0 Å². The lowest BCUT2D eigenvalue weighted by Gasteiger charge is -2.03. The van der Waals surface area contributed by atoms with E-state index in [9.17, 15) is 4.79 Å². The van der Waals surface area contributed by atoms with Gasteiger partial charge in [0, 0.05) is 5.56 Å². The fraction of sp³-hybridized carbons (Fsp3) is 0.118. The highest BCUT2D eigenvalue weighted by molar-refractivity contribution is 5.87. The number of benzene rings is 2. The van der Waals surface area contributed by atoms with Crippen LogP contribution in [0.4, 0.5) is 0 Å². The lowest BCUT2D eigenvalue weighted by molar-refractivity contribution is 0.0697. The van der Waals surface area contributed by atoms with Crippen LogP contribution >= 0.6 is 0 Å². The van der Waals surface area contributed by atoms with Gasteiger partial charge in [-0.3, -0.25) is 0 Å². The predicted octanol–water partition coefficient (Wildman–Crippen LogP) is 3.25. The summed E-state index contributed by atoms with van der Waals surface area (Å²) < 4.78 is 1.64. The molecule has 1 aromatic heterocycles. The summed E-state index contributed by atoms with van der Waals surface area (Å²) in [5.74, 6) is -0.943. The van der Waals surface area contributed by atoms with Crippen molar-refractivity contribution in [1.29, 1.82) is 0 Å². The molecule has 110 valence electrons. The highest BCUT2D eigenvalue weighted by atomic mass is 16.4. The van der Waals surface area contributed by atoms with Crippen LogP contribution in [0.1, 0.15) is 21.5 Å². The Morgan fingerprint density at radius 2 is 1.82 bits per heavy atom. The molecular formula is C17H15N3O2. The van der Waals surface area contributed by atoms with E-state index >= 15 is 0 Å². The Hall–Kier alpha value is -2.95. The van der Waals surface area contributed by atoms with E-state index in [2.05, 4.69) is 23.3 Å².